The molecule has 0 saturated carbocycles. The molecule has 0 unspecified atom stereocenters. The van der Waals surface area contributed by atoms with Crippen molar-refractivity contribution < 1.29 is 4.74 Å². The molecule has 0 heterocycles. The molecule has 0 fully saturated rings. The summed E-state index contributed by atoms with van der Waals surface area (Å²) in [6.07, 6.45) is 0. The van der Waals surface area contributed by atoms with Crippen LogP contribution in [-0.2, 0) is 13.2 Å². The van der Waals surface area contributed by atoms with Crippen LogP contribution in [0, 0.1) is 0 Å². The molecule has 0 saturated heterocycles. The summed E-state index contributed by atoms with van der Waals surface area (Å²) in [5.41, 5.74) is 9.06. The largest absolute Gasteiger partial charge is 0.489 e. The van der Waals surface area contributed by atoms with E-state index in [-0.39, 0.29) is 24.0 Å². The third-order valence-electron chi connectivity index (χ3n) is 3.62. The van der Waals surface area contributed by atoms with E-state index in [0.29, 0.717) is 19.1 Å². The SMILES string of the molecule is I.NC(=NCc1cccc(COc2ccccc2)c1)Nc1ccccc1. The highest BCUT2D eigenvalue weighted by Crippen LogP contribution is 2.13. The van der Waals surface area contributed by atoms with Crippen LogP contribution in [0.15, 0.2) is 89.9 Å². The molecule has 3 rings (SSSR count). The standard InChI is InChI=1S/C21H21N3O.HI/c22-21(24-19-10-3-1-4-11-19)23-15-17-8-7-9-18(14-17)16-25-20-12-5-2-6-13-20;/h1-14H,15-16H2,(H3,22,23,24);1H. The number of hydrogen-bond donors (Lipinski definition) is 2. The topological polar surface area (TPSA) is 59.6 Å². The van der Waals surface area contributed by atoms with Gasteiger partial charge in [0.15, 0.2) is 5.96 Å². The van der Waals surface area contributed by atoms with Gasteiger partial charge >= 0.3 is 0 Å². The van der Waals surface area contributed by atoms with Crippen molar-refractivity contribution >= 4 is 35.6 Å². The lowest BCUT2D eigenvalue weighted by Crippen LogP contribution is -2.22. The first-order valence-corrected chi connectivity index (χ1v) is 8.17. The number of rotatable bonds is 6. The summed E-state index contributed by atoms with van der Waals surface area (Å²) in [5, 5.41) is 3.08. The smallest absolute Gasteiger partial charge is 0.193 e. The summed E-state index contributed by atoms with van der Waals surface area (Å²) in [4.78, 5) is 4.39. The predicted molar refractivity (Wildman–Crippen MR) is 118 cm³/mol. The van der Waals surface area contributed by atoms with Crippen LogP contribution >= 0.6 is 24.0 Å². The molecule has 0 aromatic heterocycles. The quantitative estimate of drug-likeness (QED) is 0.316. The van der Waals surface area contributed by atoms with Crippen LogP contribution in [-0.4, -0.2) is 5.96 Å². The maximum Gasteiger partial charge on any atom is 0.193 e. The van der Waals surface area contributed by atoms with Gasteiger partial charge in [0.25, 0.3) is 0 Å². The number of benzene rings is 3. The Bertz CT molecular complexity index is 823. The monoisotopic (exact) mass is 459 g/mol. The Morgan fingerprint density at radius 2 is 1.50 bits per heavy atom. The van der Waals surface area contributed by atoms with Gasteiger partial charge in [0, 0.05) is 5.69 Å². The number of para-hydroxylation sites is 2. The van der Waals surface area contributed by atoms with Gasteiger partial charge in [0.05, 0.1) is 6.54 Å². The van der Waals surface area contributed by atoms with E-state index in [1.165, 1.54) is 0 Å². The van der Waals surface area contributed by atoms with Gasteiger partial charge in [-0.25, -0.2) is 4.99 Å². The van der Waals surface area contributed by atoms with Gasteiger partial charge in [0.2, 0.25) is 0 Å². The van der Waals surface area contributed by atoms with Crippen molar-refractivity contribution in [1.29, 1.82) is 0 Å². The summed E-state index contributed by atoms with van der Waals surface area (Å²) >= 11 is 0. The zero-order valence-corrected chi connectivity index (χ0v) is 16.7. The fourth-order valence-corrected chi connectivity index (χ4v) is 2.39. The Hall–Kier alpha value is -2.54. The van der Waals surface area contributed by atoms with E-state index in [0.717, 1.165) is 22.6 Å². The maximum atomic E-state index is 5.94. The second-order valence-electron chi connectivity index (χ2n) is 5.61. The van der Waals surface area contributed by atoms with Crippen LogP contribution in [0.1, 0.15) is 11.1 Å². The van der Waals surface area contributed by atoms with Gasteiger partial charge in [-0.15, -0.1) is 24.0 Å². The zero-order valence-electron chi connectivity index (χ0n) is 14.3. The fourth-order valence-electron chi connectivity index (χ4n) is 2.39. The van der Waals surface area contributed by atoms with Crippen LogP contribution in [0.25, 0.3) is 0 Å². The number of anilines is 1. The van der Waals surface area contributed by atoms with Gasteiger partial charge in [-0.1, -0.05) is 60.7 Å². The Morgan fingerprint density at radius 3 is 2.23 bits per heavy atom. The minimum atomic E-state index is 0. The van der Waals surface area contributed by atoms with Crippen molar-refractivity contribution in [1.82, 2.24) is 0 Å². The van der Waals surface area contributed by atoms with Gasteiger partial charge in [-0.05, 0) is 35.4 Å². The van der Waals surface area contributed by atoms with E-state index in [1.807, 2.05) is 78.9 Å². The molecule has 26 heavy (non-hydrogen) atoms. The van der Waals surface area contributed by atoms with E-state index >= 15 is 0 Å². The lowest BCUT2D eigenvalue weighted by atomic mass is 10.1. The third-order valence-corrected chi connectivity index (χ3v) is 3.62. The molecule has 0 spiro atoms. The van der Waals surface area contributed by atoms with Gasteiger partial charge in [-0.2, -0.15) is 0 Å². The van der Waals surface area contributed by atoms with Gasteiger partial charge in [-0.3, -0.25) is 0 Å². The lowest BCUT2D eigenvalue weighted by Gasteiger charge is -2.08. The van der Waals surface area contributed by atoms with E-state index in [4.69, 9.17) is 10.5 Å². The molecular formula is C21H22IN3O. The van der Waals surface area contributed by atoms with Crippen LogP contribution in [0.3, 0.4) is 0 Å². The van der Waals surface area contributed by atoms with Crippen LogP contribution in [0.4, 0.5) is 5.69 Å². The van der Waals surface area contributed by atoms with Gasteiger partial charge < -0.3 is 15.8 Å². The summed E-state index contributed by atoms with van der Waals surface area (Å²) in [7, 11) is 0. The Labute approximate surface area is 171 Å². The van der Waals surface area contributed by atoms with Crippen molar-refractivity contribution in [2.45, 2.75) is 13.2 Å². The van der Waals surface area contributed by atoms with Crippen molar-refractivity contribution in [3.05, 3.63) is 96.1 Å². The van der Waals surface area contributed by atoms with Gasteiger partial charge in [0.1, 0.15) is 12.4 Å². The minimum Gasteiger partial charge on any atom is -0.489 e. The number of nitrogens with two attached hydrogens (primary N) is 1. The van der Waals surface area contributed by atoms with E-state index in [2.05, 4.69) is 16.4 Å². The molecule has 4 nitrogen and oxygen atoms in total. The van der Waals surface area contributed by atoms with Crippen LogP contribution in [0.2, 0.25) is 0 Å². The molecule has 0 aliphatic rings. The molecule has 3 aromatic rings. The highest BCUT2D eigenvalue weighted by Gasteiger charge is 1.99. The number of halogens is 1. The van der Waals surface area contributed by atoms with Crippen molar-refractivity contribution in [2.24, 2.45) is 10.7 Å². The first kappa shape index (κ1) is 19.8. The summed E-state index contributed by atoms with van der Waals surface area (Å²) < 4.78 is 5.78. The van der Waals surface area contributed by atoms with Crippen molar-refractivity contribution in [3.8, 4) is 5.75 Å². The molecule has 0 bridgehead atoms. The predicted octanol–water partition coefficient (Wildman–Crippen LogP) is 4.81. The molecule has 0 radical (unpaired) electrons. The molecule has 3 aromatic carbocycles. The highest BCUT2D eigenvalue weighted by atomic mass is 127. The van der Waals surface area contributed by atoms with E-state index in [9.17, 15) is 0 Å². The van der Waals surface area contributed by atoms with E-state index < -0.39 is 0 Å². The van der Waals surface area contributed by atoms with Crippen LogP contribution in [0.5, 0.6) is 5.75 Å². The first-order valence-electron chi connectivity index (χ1n) is 8.17. The van der Waals surface area contributed by atoms with Crippen LogP contribution < -0.4 is 15.8 Å². The Morgan fingerprint density at radius 1 is 0.846 bits per heavy atom. The summed E-state index contributed by atoms with van der Waals surface area (Å²) in [6.45, 7) is 1.05. The second kappa shape index (κ2) is 10.5. The average molecular weight is 459 g/mol. The van der Waals surface area contributed by atoms with Crippen molar-refractivity contribution in [2.75, 3.05) is 5.32 Å². The number of aliphatic imine (C=N–C) groups is 1. The molecule has 0 aliphatic heterocycles. The second-order valence-corrected chi connectivity index (χ2v) is 5.61. The molecule has 0 amide bonds. The van der Waals surface area contributed by atoms with E-state index in [1.54, 1.807) is 0 Å². The summed E-state index contributed by atoms with van der Waals surface area (Å²) in [5.74, 6) is 1.26. The fraction of sp³-hybridized carbons (Fsp3) is 0.0952. The minimum absolute atomic E-state index is 0. The number of guanidine groups is 1. The number of ether oxygens (including phenoxy) is 1. The lowest BCUT2D eigenvalue weighted by molar-refractivity contribution is 0.306. The summed E-state index contributed by atoms with van der Waals surface area (Å²) in [6, 6.07) is 27.7. The third kappa shape index (κ3) is 6.40. The molecular weight excluding hydrogens is 437 g/mol. The molecule has 3 N–H and O–H groups in total. The number of nitrogens with zero attached hydrogens (tertiary/aromatic N) is 1. The normalized spacial score (nSPS) is 10.7. The first-order chi connectivity index (χ1) is 12.3. The molecule has 0 atom stereocenters. The highest BCUT2D eigenvalue weighted by molar-refractivity contribution is 14.0. The zero-order chi connectivity index (χ0) is 17.3. The average Bonchev–Trinajstić information content (AvgIpc) is 2.67. The maximum absolute atomic E-state index is 5.94. The number of nitrogens with one attached hydrogen (secondary N) is 1. The molecule has 134 valence electrons. The molecule has 5 heteroatoms. The van der Waals surface area contributed by atoms with Crippen molar-refractivity contribution in [3.63, 3.8) is 0 Å². The molecule has 0 aliphatic carbocycles. The Balaban J connectivity index is 0.00000243. The number of hydrogen-bond acceptors (Lipinski definition) is 2. The Kier molecular flexibility index (Phi) is 7.95.